The number of aromatic nitrogens is 2. The largest absolute Gasteiger partial charge is 0.508 e. The van der Waals surface area contributed by atoms with E-state index in [0.717, 1.165) is 47.4 Å². The second-order valence-corrected chi connectivity index (χ2v) is 12.0. The molecule has 3 N–H and O–H groups in total. The monoisotopic (exact) mass is 591 g/mol. The quantitative estimate of drug-likeness (QED) is 0.194. The number of pyridine rings is 1. The zero-order valence-electron chi connectivity index (χ0n) is 25.3. The van der Waals surface area contributed by atoms with E-state index >= 15 is 0 Å². The van der Waals surface area contributed by atoms with Gasteiger partial charge in [0.15, 0.2) is 0 Å². The van der Waals surface area contributed by atoms with Gasteiger partial charge in [-0.05, 0) is 118 Å². The van der Waals surface area contributed by atoms with Crippen LogP contribution in [0.2, 0.25) is 0 Å². The van der Waals surface area contributed by atoms with Crippen molar-refractivity contribution >= 4 is 16.8 Å². The van der Waals surface area contributed by atoms with E-state index in [0.29, 0.717) is 17.3 Å². The number of fused-ring (bicyclic) bond motifs is 1. The molecule has 0 spiro atoms. The van der Waals surface area contributed by atoms with E-state index < -0.39 is 11.9 Å². The summed E-state index contributed by atoms with van der Waals surface area (Å²) in [5.74, 6) is -0.953. The molecule has 226 valence electrons. The van der Waals surface area contributed by atoms with E-state index in [9.17, 15) is 14.3 Å². The van der Waals surface area contributed by atoms with Crippen LogP contribution in [-0.2, 0) is 6.54 Å². The third kappa shape index (κ3) is 6.51. The van der Waals surface area contributed by atoms with Crippen molar-refractivity contribution in [2.45, 2.75) is 38.4 Å². The Hall–Kier alpha value is -4.53. The first kappa shape index (κ1) is 29.5. The molecule has 3 aromatic carbocycles. The first-order valence-electron chi connectivity index (χ1n) is 15.1. The van der Waals surface area contributed by atoms with Gasteiger partial charge in [0.05, 0.1) is 11.7 Å². The van der Waals surface area contributed by atoms with E-state index in [4.69, 9.17) is 4.98 Å². The molecule has 0 aliphatic carbocycles. The van der Waals surface area contributed by atoms with Gasteiger partial charge in [-0.25, -0.2) is 4.39 Å². The number of phenolic OH excluding ortho intramolecular Hbond substituents is 1. The summed E-state index contributed by atoms with van der Waals surface area (Å²) in [6.45, 7) is 4.97. The smallest absolute Gasteiger partial charge is 0.252 e. The summed E-state index contributed by atoms with van der Waals surface area (Å²) in [6.07, 6.45) is 4.27. The van der Waals surface area contributed by atoms with Gasteiger partial charge in [-0.15, -0.1) is 0 Å². The lowest BCUT2D eigenvalue weighted by Gasteiger charge is -2.35. The van der Waals surface area contributed by atoms with Gasteiger partial charge in [-0.2, -0.15) is 0 Å². The number of carbonyl (C=O) groups is 1. The fourth-order valence-corrected chi connectivity index (χ4v) is 6.15. The van der Waals surface area contributed by atoms with Crippen molar-refractivity contribution in [3.63, 3.8) is 0 Å². The van der Waals surface area contributed by atoms with Crippen LogP contribution in [0.1, 0.15) is 51.6 Å². The summed E-state index contributed by atoms with van der Waals surface area (Å²) < 4.78 is 14.3. The highest BCUT2D eigenvalue weighted by atomic mass is 19.1. The predicted molar refractivity (Wildman–Crippen MR) is 172 cm³/mol. The minimum atomic E-state index is -0.810. The molecule has 44 heavy (non-hydrogen) atoms. The number of nitrogens with zero attached hydrogens (tertiary/aromatic N) is 3. The summed E-state index contributed by atoms with van der Waals surface area (Å²) in [5, 5.41) is 14.7. The van der Waals surface area contributed by atoms with Crippen LogP contribution >= 0.6 is 0 Å². The number of benzene rings is 3. The topological polar surface area (TPSA) is 84.5 Å². The Kier molecular flexibility index (Phi) is 8.46. The van der Waals surface area contributed by atoms with E-state index in [-0.39, 0.29) is 17.2 Å². The number of likely N-dealkylation sites (tertiary alicyclic amines) is 1. The molecule has 1 amide bonds. The predicted octanol–water partition coefficient (Wildman–Crippen LogP) is 6.43. The lowest BCUT2D eigenvalue weighted by molar-refractivity contribution is 0.0942. The van der Waals surface area contributed by atoms with Crippen molar-refractivity contribution < 1.29 is 14.3 Å². The van der Waals surface area contributed by atoms with Gasteiger partial charge in [-0.1, -0.05) is 24.3 Å². The summed E-state index contributed by atoms with van der Waals surface area (Å²) in [4.78, 5) is 26.6. The fourth-order valence-electron chi connectivity index (χ4n) is 6.15. The third-order valence-electron chi connectivity index (χ3n) is 8.59. The molecule has 6 rings (SSSR count). The minimum Gasteiger partial charge on any atom is -0.508 e. The molecule has 0 unspecified atom stereocenters. The van der Waals surface area contributed by atoms with Gasteiger partial charge >= 0.3 is 0 Å². The summed E-state index contributed by atoms with van der Waals surface area (Å²) in [5.41, 5.74) is 5.93. The average molecular weight is 592 g/mol. The van der Waals surface area contributed by atoms with Crippen molar-refractivity contribution in [2.24, 2.45) is 0 Å². The fraction of sp³-hybridized carbons (Fsp3) is 0.278. The number of H-pyrrole nitrogens is 1. The molecule has 0 bridgehead atoms. The standard InChI is InChI=1S/C36H38FN5O2/c1-23-16-26(31-10-8-24(21-38-31)22-42-14-12-29(13-15-42)41(2)3)18-27(17-23)36(44)40-35(30-20-28(37)9-11-34(30)43)33-19-25-6-4-5-7-32(25)39-33/h4-11,16-21,29,35,39,43H,12-15,22H2,1-3H3,(H,40,44)/t35-/m1/s1. The molecule has 0 saturated carbocycles. The van der Waals surface area contributed by atoms with Crippen LogP contribution in [0.4, 0.5) is 4.39 Å². The van der Waals surface area contributed by atoms with Crippen molar-refractivity contribution in [3.8, 4) is 17.0 Å². The molecule has 1 aliphatic heterocycles. The maximum absolute atomic E-state index is 14.3. The Labute approximate surface area is 257 Å². The van der Waals surface area contributed by atoms with Gasteiger partial charge in [0.25, 0.3) is 5.91 Å². The SMILES string of the molecule is Cc1cc(C(=O)N[C@@H](c2cc3ccccc3[nH]2)c2cc(F)ccc2O)cc(-c2ccc(CN3CCC(N(C)C)CC3)cn2)c1. The van der Waals surface area contributed by atoms with Crippen LogP contribution in [0.15, 0.2) is 85.1 Å². The molecule has 7 nitrogen and oxygen atoms in total. The number of amides is 1. The Balaban J connectivity index is 1.23. The normalized spacial score (nSPS) is 15.1. The first-order valence-corrected chi connectivity index (χ1v) is 15.1. The Morgan fingerprint density at radius 2 is 1.86 bits per heavy atom. The van der Waals surface area contributed by atoms with Gasteiger partial charge in [0.1, 0.15) is 11.6 Å². The van der Waals surface area contributed by atoms with Gasteiger partial charge in [0, 0.05) is 46.7 Å². The Bertz CT molecular complexity index is 1740. The molecular formula is C36H38FN5O2. The number of rotatable bonds is 8. The summed E-state index contributed by atoms with van der Waals surface area (Å²) >= 11 is 0. The summed E-state index contributed by atoms with van der Waals surface area (Å²) in [7, 11) is 4.31. The van der Waals surface area contributed by atoms with Crippen LogP contribution < -0.4 is 5.32 Å². The van der Waals surface area contributed by atoms with Crippen LogP contribution in [0.25, 0.3) is 22.2 Å². The third-order valence-corrected chi connectivity index (χ3v) is 8.59. The second-order valence-electron chi connectivity index (χ2n) is 12.0. The molecule has 1 aliphatic rings. The zero-order valence-corrected chi connectivity index (χ0v) is 25.3. The number of halogens is 1. The maximum Gasteiger partial charge on any atom is 0.252 e. The number of nitrogens with one attached hydrogen (secondary N) is 2. The van der Waals surface area contributed by atoms with E-state index in [1.54, 1.807) is 0 Å². The van der Waals surface area contributed by atoms with Crippen LogP contribution in [-0.4, -0.2) is 64.0 Å². The Morgan fingerprint density at radius 3 is 2.59 bits per heavy atom. The molecule has 1 saturated heterocycles. The highest BCUT2D eigenvalue weighted by Gasteiger charge is 2.24. The lowest BCUT2D eigenvalue weighted by atomic mass is 9.99. The number of carbonyl (C=O) groups excluding carboxylic acids is 1. The number of hydrogen-bond acceptors (Lipinski definition) is 5. The number of phenols is 1. The number of hydrogen-bond donors (Lipinski definition) is 3. The first-order chi connectivity index (χ1) is 21.2. The van der Waals surface area contributed by atoms with Crippen LogP contribution in [0.3, 0.4) is 0 Å². The molecular weight excluding hydrogens is 553 g/mol. The van der Waals surface area contributed by atoms with Crippen LogP contribution in [0.5, 0.6) is 5.75 Å². The van der Waals surface area contributed by atoms with E-state index in [2.05, 4.69) is 40.3 Å². The molecule has 5 aromatic rings. The number of para-hydroxylation sites is 1. The Morgan fingerprint density at radius 1 is 1.07 bits per heavy atom. The molecule has 8 heteroatoms. The van der Waals surface area contributed by atoms with Crippen molar-refractivity contribution in [3.05, 3.63) is 119 Å². The van der Waals surface area contributed by atoms with Crippen molar-refractivity contribution in [2.75, 3.05) is 27.2 Å². The molecule has 0 radical (unpaired) electrons. The second kappa shape index (κ2) is 12.6. The lowest BCUT2D eigenvalue weighted by Crippen LogP contribution is -2.41. The number of aromatic hydroxyl groups is 1. The highest BCUT2D eigenvalue weighted by molar-refractivity contribution is 5.96. The molecule has 1 atom stereocenters. The molecule has 3 heterocycles. The molecule has 2 aromatic heterocycles. The van der Waals surface area contributed by atoms with Gasteiger partial charge in [-0.3, -0.25) is 14.7 Å². The number of piperidine rings is 1. The van der Waals surface area contributed by atoms with E-state index in [1.807, 2.05) is 67.7 Å². The average Bonchev–Trinajstić information content (AvgIpc) is 3.45. The zero-order chi connectivity index (χ0) is 30.8. The summed E-state index contributed by atoms with van der Waals surface area (Å²) in [6, 6.07) is 23.0. The maximum atomic E-state index is 14.3. The number of aryl methyl sites for hydroxylation is 1. The van der Waals surface area contributed by atoms with Crippen molar-refractivity contribution in [1.29, 1.82) is 0 Å². The van der Waals surface area contributed by atoms with E-state index in [1.165, 1.54) is 36.6 Å². The molecule has 1 fully saturated rings. The van der Waals surface area contributed by atoms with Crippen molar-refractivity contribution in [1.82, 2.24) is 25.1 Å². The van der Waals surface area contributed by atoms with Gasteiger partial charge in [0.2, 0.25) is 0 Å². The van der Waals surface area contributed by atoms with Crippen LogP contribution in [0, 0.1) is 12.7 Å². The number of aromatic amines is 1. The highest BCUT2D eigenvalue weighted by Crippen LogP contribution is 2.32. The van der Waals surface area contributed by atoms with Gasteiger partial charge < -0.3 is 20.3 Å². The minimum absolute atomic E-state index is 0.105.